The third-order valence-corrected chi connectivity index (χ3v) is 6.88. The molecular formula is C21H27N3O2. The van der Waals surface area contributed by atoms with Gasteiger partial charge in [0.15, 0.2) is 0 Å². The minimum atomic E-state index is -0.00295. The smallest absolute Gasteiger partial charge is 0.320 e. The third-order valence-electron chi connectivity index (χ3n) is 6.88. The second-order valence-electron chi connectivity index (χ2n) is 8.22. The molecule has 0 N–H and O–H groups in total. The largest absolute Gasteiger partial charge is 0.335 e. The minimum Gasteiger partial charge on any atom is -0.335 e. The number of nitrogens with zero attached hydrogens (tertiary/aromatic N) is 3. The molecule has 4 heterocycles. The number of likely N-dealkylation sites (tertiary alicyclic amines) is 2. The molecule has 3 fully saturated rings. The molecule has 0 aromatic heterocycles. The SMILES string of the molecule is O=C1C2CCCN(C(=O)N3CCCC3)C2CC2c3ccccc3CCN12. The molecule has 0 bridgehead atoms. The van der Waals surface area contributed by atoms with Gasteiger partial charge in [-0.2, -0.15) is 0 Å². The van der Waals surface area contributed by atoms with Crippen LogP contribution in [-0.4, -0.2) is 58.9 Å². The summed E-state index contributed by atoms with van der Waals surface area (Å²) in [7, 11) is 0. The van der Waals surface area contributed by atoms with E-state index in [1.807, 2.05) is 9.80 Å². The van der Waals surface area contributed by atoms with E-state index in [4.69, 9.17) is 0 Å². The molecule has 1 aromatic rings. The first kappa shape index (κ1) is 16.2. The van der Waals surface area contributed by atoms with E-state index in [1.165, 1.54) is 11.1 Å². The van der Waals surface area contributed by atoms with Crippen LogP contribution >= 0.6 is 0 Å². The molecule has 0 aliphatic carbocycles. The third kappa shape index (κ3) is 2.43. The average molecular weight is 353 g/mol. The van der Waals surface area contributed by atoms with E-state index < -0.39 is 0 Å². The Hall–Kier alpha value is -2.04. The molecule has 0 spiro atoms. The highest BCUT2D eigenvalue weighted by Crippen LogP contribution is 2.43. The Morgan fingerprint density at radius 2 is 1.81 bits per heavy atom. The van der Waals surface area contributed by atoms with Crippen molar-refractivity contribution in [2.24, 2.45) is 5.92 Å². The van der Waals surface area contributed by atoms with Crippen molar-refractivity contribution < 1.29 is 9.59 Å². The van der Waals surface area contributed by atoms with Crippen molar-refractivity contribution in [2.75, 3.05) is 26.2 Å². The van der Waals surface area contributed by atoms with E-state index in [9.17, 15) is 9.59 Å². The van der Waals surface area contributed by atoms with Gasteiger partial charge in [-0.1, -0.05) is 24.3 Å². The van der Waals surface area contributed by atoms with Crippen LogP contribution in [0.4, 0.5) is 4.79 Å². The Bertz CT molecular complexity index is 728. The van der Waals surface area contributed by atoms with E-state index in [2.05, 4.69) is 29.2 Å². The summed E-state index contributed by atoms with van der Waals surface area (Å²) in [4.78, 5) is 32.5. The molecule has 3 atom stereocenters. The molecule has 5 heteroatoms. The van der Waals surface area contributed by atoms with Gasteiger partial charge in [-0.15, -0.1) is 0 Å². The van der Waals surface area contributed by atoms with Crippen LogP contribution in [0.25, 0.3) is 0 Å². The van der Waals surface area contributed by atoms with Gasteiger partial charge < -0.3 is 14.7 Å². The van der Waals surface area contributed by atoms with Gasteiger partial charge in [0.05, 0.1) is 12.0 Å². The lowest BCUT2D eigenvalue weighted by Crippen LogP contribution is -2.61. The summed E-state index contributed by atoms with van der Waals surface area (Å²) in [5, 5.41) is 0. The number of benzene rings is 1. The molecule has 26 heavy (non-hydrogen) atoms. The van der Waals surface area contributed by atoms with Crippen LogP contribution in [0.15, 0.2) is 24.3 Å². The molecule has 5 rings (SSSR count). The highest BCUT2D eigenvalue weighted by Gasteiger charge is 2.49. The summed E-state index contributed by atoms with van der Waals surface area (Å²) in [6.45, 7) is 3.38. The molecule has 5 nitrogen and oxygen atoms in total. The molecule has 1 aromatic carbocycles. The second-order valence-corrected chi connectivity index (χ2v) is 8.22. The molecule has 3 unspecified atom stereocenters. The maximum absolute atomic E-state index is 13.3. The second kappa shape index (κ2) is 6.29. The molecular weight excluding hydrogens is 326 g/mol. The summed E-state index contributed by atoms with van der Waals surface area (Å²) in [6.07, 6.45) is 5.94. The fourth-order valence-electron chi connectivity index (χ4n) is 5.58. The molecule has 0 saturated carbocycles. The Kier molecular flexibility index (Phi) is 3.91. The normalized spacial score (nSPS) is 30.7. The van der Waals surface area contributed by atoms with Crippen molar-refractivity contribution in [3.63, 3.8) is 0 Å². The predicted molar refractivity (Wildman–Crippen MR) is 98.6 cm³/mol. The van der Waals surface area contributed by atoms with Crippen molar-refractivity contribution in [2.45, 2.75) is 50.6 Å². The molecule has 4 aliphatic heterocycles. The lowest BCUT2D eigenvalue weighted by Gasteiger charge is -2.52. The predicted octanol–water partition coefficient (Wildman–Crippen LogP) is 2.81. The fourth-order valence-corrected chi connectivity index (χ4v) is 5.58. The summed E-state index contributed by atoms with van der Waals surface area (Å²) >= 11 is 0. The Balaban J connectivity index is 1.46. The highest BCUT2D eigenvalue weighted by atomic mass is 16.2. The number of fused-ring (bicyclic) bond motifs is 4. The number of rotatable bonds is 0. The topological polar surface area (TPSA) is 43.9 Å². The lowest BCUT2D eigenvalue weighted by atomic mass is 9.76. The molecule has 138 valence electrons. The Morgan fingerprint density at radius 1 is 1.00 bits per heavy atom. The zero-order chi connectivity index (χ0) is 17.7. The summed E-state index contributed by atoms with van der Waals surface area (Å²) in [5.41, 5.74) is 2.66. The molecule has 3 saturated heterocycles. The van der Waals surface area contributed by atoms with Crippen LogP contribution in [0, 0.1) is 5.92 Å². The van der Waals surface area contributed by atoms with Gasteiger partial charge in [-0.05, 0) is 49.7 Å². The fraction of sp³-hybridized carbons (Fsp3) is 0.619. The van der Waals surface area contributed by atoms with Crippen LogP contribution in [0.3, 0.4) is 0 Å². The number of carbonyl (C=O) groups is 2. The van der Waals surface area contributed by atoms with E-state index in [0.717, 1.165) is 64.7 Å². The summed E-state index contributed by atoms with van der Waals surface area (Å²) < 4.78 is 0. The van der Waals surface area contributed by atoms with Crippen LogP contribution in [0.5, 0.6) is 0 Å². The number of amides is 3. The molecule has 3 amide bonds. The highest BCUT2D eigenvalue weighted by molar-refractivity contribution is 5.83. The van der Waals surface area contributed by atoms with Crippen LogP contribution in [0.2, 0.25) is 0 Å². The van der Waals surface area contributed by atoms with E-state index in [1.54, 1.807) is 0 Å². The lowest BCUT2D eigenvalue weighted by molar-refractivity contribution is -0.148. The molecule has 0 radical (unpaired) electrons. The van der Waals surface area contributed by atoms with Crippen molar-refractivity contribution in [3.05, 3.63) is 35.4 Å². The van der Waals surface area contributed by atoms with Gasteiger partial charge in [-0.3, -0.25) is 4.79 Å². The van der Waals surface area contributed by atoms with Crippen molar-refractivity contribution >= 4 is 11.9 Å². The maximum atomic E-state index is 13.3. The molecule has 4 aliphatic rings. The van der Waals surface area contributed by atoms with Gasteiger partial charge >= 0.3 is 6.03 Å². The van der Waals surface area contributed by atoms with E-state index in [0.29, 0.717) is 0 Å². The quantitative estimate of drug-likeness (QED) is 0.720. The number of hydrogen-bond acceptors (Lipinski definition) is 2. The van der Waals surface area contributed by atoms with Crippen molar-refractivity contribution in [3.8, 4) is 0 Å². The first-order valence-electron chi connectivity index (χ1n) is 10.2. The van der Waals surface area contributed by atoms with Crippen LogP contribution in [0.1, 0.15) is 49.3 Å². The number of carbonyl (C=O) groups excluding carboxylic acids is 2. The maximum Gasteiger partial charge on any atom is 0.320 e. The standard InChI is InChI=1S/C21H27N3O2/c25-20-17-8-5-12-24(21(26)22-10-3-4-11-22)19(17)14-18-16-7-2-1-6-15(16)9-13-23(18)20/h1-2,6-7,17-19H,3-5,8-14H2. The van der Waals surface area contributed by atoms with Crippen molar-refractivity contribution in [1.82, 2.24) is 14.7 Å². The first-order valence-corrected chi connectivity index (χ1v) is 10.2. The Labute approximate surface area is 154 Å². The zero-order valence-electron chi connectivity index (χ0n) is 15.3. The van der Waals surface area contributed by atoms with E-state index in [-0.39, 0.29) is 29.9 Å². The van der Waals surface area contributed by atoms with Gasteiger partial charge in [0.2, 0.25) is 5.91 Å². The number of piperidine rings is 2. The average Bonchev–Trinajstić information content (AvgIpc) is 3.22. The monoisotopic (exact) mass is 353 g/mol. The summed E-state index contributed by atoms with van der Waals surface area (Å²) in [6, 6.07) is 8.91. The summed E-state index contributed by atoms with van der Waals surface area (Å²) in [5.74, 6) is 0.275. The van der Waals surface area contributed by atoms with Crippen LogP contribution in [-0.2, 0) is 11.2 Å². The van der Waals surface area contributed by atoms with Crippen LogP contribution < -0.4 is 0 Å². The van der Waals surface area contributed by atoms with Crippen molar-refractivity contribution in [1.29, 1.82) is 0 Å². The van der Waals surface area contributed by atoms with Gasteiger partial charge in [0.1, 0.15) is 0 Å². The zero-order valence-corrected chi connectivity index (χ0v) is 15.3. The van der Waals surface area contributed by atoms with E-state index >= 15 is 0 Å². The number of hydrogen-bond donors (Lipinski definition) is 0. The first-order chi connectivity index (χ1) is 12.7. The number of urea groups is 1. The van der Waals surface area contributed by atoms with Gasteiger partial charge in [0.25, 0.3) is 0 Å². The minimum absolute atomic E-state index is 0.00295. The van der Waals surface area contributed by atoms with Gasteiger partial charge in [0, 0.05) is 32.2 Å². The van der Waals surface area contributed by atoms with Gasteiger partial charge in [-0.25, -0.2) is 4.79 Å². The Morgan fingerprint density at radius 3 is 2.65 bits per heavy atom.